The molecule has 1 heterocycles. The topological polar surface area (TPSA) is 60.8 Å². The lowest BCUT2D eigenvalue weighted by molar-refractivity contribution is -0.139. The first-order valence-corrected chi connectivity index (χ1v) is 10.9. The molecule has 27 heavy (non-hydrogen) atoms. The van der Waals surface area contributed by atoms with E-state index in [2.05, 4.69) is 45.2 Å². The number of halogens is 2. The number of aliphatic hydroxyl groups excluding tert-OH is 1. The van der Waals surface area contributed by atoms with Gasteiger partial charge in [-0.25, -0.2) is 0 Å². The maximum Gasteiger partial charge on any atom is 0.264 e. The monoisotopic (exact) mass is 589 g/mol. The van der Waals surface area contributed by atoms with Gasteiger partial charge in [0.25, 0.3) is 5.91 Å². The summed E-state index contributed by atoms with van der Waals surface area (Å²) in [5.41, 5.74) is 0.807. The third-order valence-electron chi connectivity index (χ3n) is 4.86. The summed E-state index contributed by atoms with van der Waals surface area (Å²) in [6.07, 6.45) is 4.12. The van der Waals surface area contributed by atoms with E-state index in [1.54, 1.807) is 4.90 Å². The number of hydrogen-bond donors (Lipinski definition) is 2. The van der Waals surface area contributed by atoms with Crippen molar-refractivity contribution < 1.29 is 15.0 Å². The van der Waals surface area contributed by atoms with Crippen LogP contribution >= 0.6 is 45.2 Å². The Hall–Kier alpha value is -0.970. The van der Waals surface area contributed by atoms with Crippen molar-refractivity contribution in [2.45, 2.75) is 25.5 Å². The molecular formula is C21H21I2NO3. The van der Waals surface area contributed by atoms with Gasteiger partial charge in [0, 0.05) is 25.2 Å². The van der Waals surface area contributed by atoms with E-state index in [1.807, 2.05) is 61.5 Å². The maximum absolute atomic E-state index is 13.3. The van der Waals surface area contributed by atoms with Gasteiger partial charge in [0.1, 0.15) is 0 Å². The van der Waals surface area contributed by atoms with Crippen LogP contribution in [0.3, 0.4) is 0 Å². The van der Waals surface area contributed by atoms with Crippen molar-refractivity contribution in [2.24, 2.45) is 5.92 Å². The normalized spacial score (nSPS) is 20.3. The molecule has 4 nitrogen and oxygen atoms in total. The third kappa shape index (κ3) is 4.08. The summed E-state index contributed by atoms with van der Waals surface area (Å²) < 4.78 is 2.11. The van der Waals surface area contributed by atoms with Crippen molar-refractivity contribution in [1.29, 1.82) is 0 Å². The van der Waals surface area contributed by atoms with Gasteiger partial charge >= 0.3 is 0 Å². The number of fused-ring (bicyclic) bond motifs is 1. The molecule has 0 bridgehead atoms. The zero-order valence-electron chi connectivity index (χ0n) is 14.9. The summed E-state index contributed by atoms with van der Waals surface area (Å²) in [4.78, 5) is 15.0. The van der Waals surface area contributed by atoms with E-state index in [9.17, 15) is 9.90 Å². The number of carbonyl (C=O) groups excluding carboxylic acids is 1. The van der Waals surface area contributed by atoms with Gasteiger partial charge in [-0.2, -0.15) is 0 Å². The molecule has 2 aromatic carbocycles. The van der Waals surface area contributed by atoms with E-state index in [4.69, 9.17) is 5.11 Å². The minimum atomic E-state index is -1.61. The molecule has 3 rings (SSSR count). The van der Waals surface area contributed by atoms with Crippen molar-refractivity contribution in [3.8, 4) is 0 Å². The average Bonchev–Trinajstić information content (AvgIpc) is 2.86. The zero-order chi connectivity index (χ0) is 19.6. The Balaban J connectivity index is 2.00. The van der Waals surface area contributed by atoms with E-state index in [-0.39, 0.29) is 12.5 Å². The Morgan fingerprint density at radius 2 is 1.81 bits per heavy atom. The van der Waals surface area contributed by atoms with Crippen LogP contribution < -0.4 is 4.90 Å². The molecule has 142 valence electrons. The predicted octanol–water partition coefficient (Wildman–Crippen LogP) is 4.20. The molecule has 1 aliphatic heterocycles. The number of aliphatic hydroxyl groups is 2. The molecule has 1 aliphatic rings. The second-order valence-electron chi connectivity index (χ2n) is 6.67. The fourth-order valence-corrected chi connectivity index (χ4v) is 4.21. The number of rotatable bonds is 6. The molecule has 0 saturated heterocycles. The highest BCUT2D eigenvalue weighted by molar-refractivity contribution is 14.1. The summed E-state index contributed by atoms with van der Waals surface area (Å²) in [6, 6.07) is 13.8. The van der Waals surface area contributed by atoms with Gasteiger partial charge in [0.15, 0.2) is 5.60 Å². The number of carbonyl (C=O) groups is 1. The SMILES string of the molecule is C[C@@H](/C=C/CCO)[C@]1(O)C(=O)N(Cc2ccc(I)cc2)c2ccc(I)cc21. The zero-order valence-corrected chi connectivity index (χ0v) is 19.2. The minimum absolute atomic E-state index is 0.0447. The summed E-state index contributed by atoms with van der Waals surface area (Å²) in [5, 5.41) is 20.5. The first-order valence-electron chi connectivity index (χ1n) is 8.74. The number of benzene rings is 2. The first-order chi connectivity index (χ1) is 12.9. The highest BCUT2D eigenvalue weighted by atomic mass is 127. The predicted molar refractivity (Wildman–Crippen MR) is 123 cm³/mol. The summed E-state index contributed by atoms with van der Waals surface area (Å²) in [6.45, 7) is 2.30. The number of amides is 1. The van der Waals surface area contributed by atoms with Gasteiger partial charge < -0.3 is 15.1 Å². The number of nitrogens with zero attached hydrogens (tertiary/aromatic N) is 1. The molecule has 0 aliphatic carbocycles. The van der Waals surface area contributed by atoms with Crippen molar-refractivity contribution in [3.63, 3.8) is 0 Å². The van der Waals surface area contributed by atoms with Crippen molar-refractivity contribution in [3.05, 3.63) is 72.9 Å². The second-order valence-corrected chi connectivity index (χ2v) is 9.17. The molecule has 1 amide bonds. The van der Waals surface area contributed by atoms with Gasteiger partial charge in [-0.15, -0.1) is 0 Å². The van der Waals surface area contributed by atoms with E-state index >= 15 is 0 Å². The molecular weight excluding hydrogens is 568 g/mol. The molecule has 2 aromatic rings. The third-order valence-corrected chi connectivity index (χ3v) is 6.25. The van der Waals surface area contributed by atoms with Crippen molar-refractivity contribution >= 4 is 56.8 Å². The van der Waals surface area contributed by atoms with Gasteiger partial charge in [-0.1, -0.05) is 31.2 Å². The van der Waals surface area contributed by atoms with Crippen LogP contribution in [0.4, 0.5) is 5.69 Å². The first kappa shape index (κ1) is 20.8. The summed E-state index contributed by atoms with van der Waals surface area (Å²) >= 11 is 4.45. The van der Waals surface area contributed by atoms with E-state index < -0.39 is 11.5 Å². The summed E-state index contributed by atoms with van der Waals surface area (Å²) in [7, 11) is 0. The molecule has 0 aromatic heterocycles. The quantitative estimate of drug-likeness (QED) is 0.393. The lowest BCUT2D eigenvalue weighted by atomic mass is 9.83. The minimum Gasteiger partial charge on any atom is -0.396 e. The molecule has 2 atom stereocenters. The average molecular weight is 589 g/mol. The standard InChI is InChI=1S/C21H21I2NO3/c1-14(4-2-3-11-25)21(27)18-12-17(23)9-10-19(18)24(20(21)26)13-15-5-7-16(22)8-6-15/h2,4-10,12,14,25,27H,3,11,13H2,1H3/b4-2+/t14-,21+/m0/s1. The maximum atomic E-state index is 13.3. The second kappa shape index (κ2) is 8.59. The van der Waals surface area contributed by atoms with Gasteiger partial charge in [0.05, 0.1) is 12.2 Å². The molecule has 6 heteroatoms. The Morgan fingerprint density at radius 1 is 1.15 bits per heavy atom. The van der Waals surface area contributed by atoms with Crippen molar-refractivity contribution in [2.75, 3.05) is 11.5 Å². The van der Waals surface area contributed by atoms with Gasteiger partial charge in [0.2, 0.25) is 0 Å². The Labute approximate surface area is 186 Å². The fourth-order valence-electron chi connectivity index (χ4n) is 3.36. The van der Waals surface area contributed by atoms with Crippen LogP contribution in [0.25, 0.3) is 0 Å². The molecule has 0 saturated carbocycles. The number of hydrogen-bond acceptors (Lipinski definition) is 3. The van der Waals surface area contributed by atoms with Crippen LogP contribution in [-0.2, 0) is 16.9 Å². The Kier molecular flexibility index (Phi) is 6.60. The summed E-state index contributed by atoms with van der Waals surface area (Å²) in [5.74, 6) is -0.713. The van der Waals surface area contributed by atoms with Crippen LogP contribution in [0.15, 0.2) is 54.6 Å². The van der Waals surface area contributed by atoms with E-state index in [0.29, 0.717) is 18.5 Å². The Morgan fingerprint density at radius 3 is 2.48 bits per heavy atom. The molecule has 0 radical (unpaired) electrons. The van der Waals surface area contributed by atoms with Crippen LogP contribution in [0.2, 0.25) is 0 Å². The van der Waals surface area contributed by atoms with Crippen LogP contribution in [0, 0.1) is 13.1 Å². The lowest BCUT2D eigenvalue weighted by Crippen LogP contribution is -2.44. The van der Waals surface area contributed by atoms with Crippen LogP contribution in [0.1, 0.15) is 24.5 Å². The number of anilines is 1. The van der Waals surface area contributed by atoms with Crippen LogP contribution in [-0.4, -0.2) is 22.7 Å². The molecule has 2 N–H and O–H groups in total. The largest absolute Gasteiger partial charge is 0.396 e. The molecule has 0 fully saturated rings. The van der Waals surface area contributed by atoms with E-state index in [1.165, 1.54) is 0 Å². The van der Waals surface area contributed by atoms with Crippen LogP contribution in [0.5, 0.6) is 0 Å². The smallest absolute Gasteiger partial charge is 0.264 e. The molecule has 0 unspecified atom stereocenters. The van der Waals surface area contributed by atoms with Crippen molar-refractivity contribution in [1.82, 2.24) is 0 Å². The van der Waals surface area contributed by atoms with Gasteiger partial charge in [-0.3, -0.25) is 4.79 Å². The van der Waals surface area contributed by atoms with E-state index in [0.717, 1.165) is 18.4 Å². The molecule has 0 spiro atoms. The lowest BCUT2D eigenvalue weighted by Gasteiger charge is -2.27. The Bertz CT molecular complexity index is 866. The highest BCUT2D eigenvalue weighted by Gasteiger charge is 2.52. The highest BCUT2D eigenvalue weighted by Crippen LogP contribution is 2.46. The fraction of sp³-hybridized carbons (Fsp3) is 0.286. The van der Waals surface area contributed by atoms with Gasteiger partial charge in [-0.05, 0) is 87.5 Å².